The van der Waals surface area contributed by atoms with E-state index in [-0.39, 0.29) is 11.9 Å². The molecule has 4 nitrogen and oxygen atoms in total. The van der Waals surface area contributed by atoms with Gasteiger partial charge in [0.1, 0.15) is 0 Å². The normalized spacial score (nSPS) is 12.0. The Morgan fingerprint density at radius 2 is 2.15 bits per heavy atom. The molecular weight excluding hydrogens is 250 g/mol. The molecule has 20 heavy (non-hydrogen) atoms. The number of amides is 1. The Labute approximate surface area is 122 Å². The summed E-state index contributed by atoms with van der Waals surface area (Å²) in [6.45, 7) is 8.25. The monoisotopic (exact) mass is 277 g/mol. The Bertz CT molecular complexity index is 420. The van der Waals surface area contributed by atoms with Crippen LogP contribution in [0.5, 0.6) is 0 Å². The van der Waals surface area contributed by atoms with Crippen molar-refractivity contribution in [3.05, 3.63) is 29.8 Å². The lowest BCUT2D eigenvalue weighted by atomic mass is 10.1. The fourth-order valence-corrected chi connectivity index (χ4v) is 2.33. The highest BCUT2D eigenvalue weighted by atomic mass is 16.1. The van der Waals surface area contributed by atoms with E-state index in [1.165, 1.54) is 5.56 Å². The van der Waals surface area contributed by atoms with Crippen LogP contribution in [0.4, 0.5) is 5.69 Å². The molecule has 3 N–H and O–H groups in total. The van der Waals surface area contributed by atoms with E-state index in [4.69, 9.17) is 5.73 Å². The smallest absolute Gasteiger partial charge is 0.222 e. The first kappa shape index (κ1) is 16.5. The maximum absolute atomic E-state index is 11.9. The molecule has 0 aliphatic heterocycles. The Kier molecular flexibility index (Phi) is 7.09. The molecule has 0 bridgehead atoms. The fraction of sp³-hybridized carbons (Fsp3) is 0.562. The van der Waals surface area contributed by atoms with Gasteiger partial charge >= 0.3 is 0 Å². The Hall–Kier alpha value is -1.55. The molecular formula is C16H27N3O. The van der Waals surface area contributed by atoms with E-state index in [0.717, 1.165) is 25.2 Å². The predicted octanol–water partition coefficient (Wildman–Crippen LogP) is 2.06. The number of carbonyl (C=O) groups is 1. The number of likely N-dealkylation sites (N-methyl/N-ethyl adjacent to an activating group) is 1. The molecule has 0 aromatic heterocycles. The molecule has 0 saturated carbocycles. The molecule has 4 heteroatoms. The minimum absolute atomic E-state index is 0.0404. The number of aryl methyl sites for hydroxylation is 1. The van der Waals surface area contributed by atoms with Crippen molar-refractivity contribution < 1.29 is 4.79 Å². The quantitative estimate of drug-likeness (QED) is 0.765. The van der Waals surface area contributed by atoms with Crippen LogP contribution in [-0.4, -0.2) is 31.6 Å². The van der Waals surface area contributed by atoms with Gasteiger partial charge in [0, 0.05) is 37.8 Å². The number of nitrogens with two attached hydrogens (primary N) is 1. The van der Waals surface area contributed by atoms with E-state index in [2.05, 4.69) is 42.3 Å². The van der Waals surface area contributed by atoms with Crippen molar-refractivity contribution in [2.24, 2.45) is 5.73 Å². The second-order valence-electron chi connectivity index (χ2n) is 5.07. The molecule has 1 rings (SSSR count). The van der Waals surface area contributed by atoms with Gasteiger partial charge in [-0.15, -0.1) is 0 Å². The molecule has 0 radical (unpaired) electrons. The zero-order valence-corrected chi connectivity index (χ0v) is 12.9. The van der Waals surface area contributed by atoms with Crippen LogP contribution in [0, 0.1) is 6.92 Å². The Balaban J connectivity index is 2.76. The van der Waals surface area contributed by atoms with Gasteiger partial charge in [-0.05, 0) is 38.0 Å². The number of hydrogen-bond acceptors (Lipinski definition) is 3. The van der Waals surface area contributed by atoms with Gasteiger partial charge in [-0.2, -0.15) is 0 Å². The largest absolute Gasteiger partial charge is 0.367 e. The summed E-state index contributed by atoms with van der Waals surface area (Å²) in [5.74, 6) is 0.0772. The van der Waals surface area contributed by atoms with E-state index in [1.807, 2.05) is 13.0 Å². The number of rotatable bonds is 8. The van der Waals surface area contributed by atoms with Crippen molar-refractivity contribution in [3.8, 4) is 0 Å². The summed E-state index contributed by atoms with van der Waals surface area (Å²) < 4.78 is 0. The molecule has 0 spiro atoms. The van der Waals surface area contributed by atoms with Crippen LogP contribution in [0.3, 0.4) is 0 Å². The standard InChI is InChI=1S/C16H27N3O/c1-4-9-18-16(20)11-15(12-17)19(5-2)14-8-6-7-13(3)10-14/h6-8,10,15H,4-5,9,11-12,17H2,1-3H3,(H,18,20). The van der Waals surface area contributed by atoms with Crippen molar-refractivity contribution in [2.45, 2.75) is 39.7 Å². The molecule has 0 aliphatic carbocycles. The minimum Gasteiger partial charge on any atom is -0.367 e. The molecule has 1 amide bonds. The summed E-state index contributed by atoms with van der Waals surface area (Å²) in [6.07, 6.45) is 1.40. The second kappa shape index (κ2) is 8.59. The van der Waals surface area contributed by atoms with Crippen molar-refractivity contribution in [2.75, 3.05) is 24.5 Å². The maximum atomic E-state index is 11.9. The number of nitrogens with one attached hydrogen (secondary N) is 1. The highest BCUT2D eigenvalue weighted by Gasteiger charge is 2.19. The third-order valence-corrected chi connectivity index (χ3v) is 3.38. The van der Waals surface area contributed by atoms with E-state index < -0.39 is 0 Å². The summed E-state index contributed by atoms with van der Waals surface area (Å²) in [5, 5.41) is 2.92. The van der Waals surface area contributed by atoms with Gasteiger partial charge in [-0.25, -0.2) is 0 Å². The highest BCUT2D eigenvalue weighted by Crippen LogP contribution is 2.19. The molecule has 0 saturated heterocycles. The number of nitrogens with zero attached hydrogens (tertiary/aromatic N) is 1. The molecule has 0 aliphatic rings. The van der Waals surface area contributed by atoms with Crippen LogP contribution < -0.4 is 16.0 Å². The molecule has 1 atom stereocenters. The third kappa shape index (κ3) is 4.85. The summed E-state index contributed by atoms with van der Waals surface area (Å²) >= 11 is 0. The highest BCUT2D eigenvalue weighted by molar-refractivity contribution is 5.77. The van der Waals surface area contributed by atoms with E-state index in [9.17, 15) is 4.79 Å². The number of hydrogen-bond donors (Lipinski definition) is 2. The first-order valence-electron chi connectivity index (χ1n) is 7.42. The molecule has 1 aromatic carbocycles. The van der Waals surface area contributed by atoms with Crippen molar-refractivity contribution in [1.29, 1.82) is 0 Å². The molecule has 112 valence electrons. The van der Waals surface area contributed by atoms with Gasteiger partial charge < -0.3 is 16.0 Å². The lowest BCUT2D eigenvalue weighted by molar-refractivity contribution is -0.121. The summed E-state index contributed by atoms with van der Waals surface area (Å²) in [4.78, 5) is 14.1. The average Bonchev–Trinajstić information content (AvgIpc) is 2.44. The topological polar surface area (TPSA) is 58.4 Å². The van der Waals surface area contributed by atoms with Crippen molar-refractivity contribution in [1.82, 2.24) is 5.32 Å². The van der Waals surface area contributed by atoms with Gasteiger partial charge in [0.25, 0.3) is 0 Å². The molecule has 0 fully saturated rings. The zero-order valence-electron chi connectivity index (χ0n) is 12.9. The zero-order chi connectivity index (χ0) is 15.0. The summed E-state index contributed by atoms with van der Waals surface area (Å²) in [7, 11) is 0. The first-order valence-corrected chi connectivity index (χ1v) is 7.42. The second-order valence-corrected chi connectivity index (χ2v) is 5.07. The Morgan fingerprint density at radius 3 is 2.70 bits per heavy atom. The van der Waals surface area contributed by atoms with Crippen LogP contribution in [0.2, 0.25) is 0 Å². The van der Waals surface area contributed by atoms with Gasteiger partial charge in [0.2, 0.25) is 5.91 Å². The van der Waals surface area contributed by atoms with Crippen LogP contribution in [0.15, 0.2) is 24.3 Å². The van der Waals surface area contributed by atoms with E-state index in [1.54, 1.807) is 0 Å². The predicted molar refractivity (Wildman–Crippen MR) is 85.0 cm³/mol. The minimum atomic E-state index is 0.0404. The third-order valence-electron chi connectivity index (χ3n) is 3.38. The number of anilines is 1. The van der Waals surface area contributed by atoms with Crippen LogP contribution in [0.1, 0.15) is 32.3 Å². The summed E-state index contributed by atoms with van der Waals surface area (Å²) in [6, 6.07) is 8.36. The fourth-order valence-electron chi connectivity index (χ4n) is 2.33. The first-order chi connectivity index (χ1) is 9.62. The lowest BCUT2D eigenvalue weighted by Crippen LogP contribution is -2.44. The maximum Gasteiger partial charge on any atom is 0.222 e. The SMILES string of the molecule is CCCNC(=O)CC(CN)N(CC)c1cccc(C)c1. The Morgan fingerprint density at radius 1 is 1.40 bits per heavy atom. The van der Waals surface area contributed by atoms with Crippen LogP contribution in [-0.2, 0) is 4.79 Å². The van der Waals surface area contributed by atoms with Crippen molar-refractivity contribution >= 4 is 11.6 Å². The molecule has 0 heterocycles. The van der Waals surface area contributed by atoms with Gasteiger partial charge in [0.15, 0.2) is 0 Å². The number of benzene rings is 1. The van der Waals surface area contributed by atoms with Gasteiger partial charge in [0.05, 0.1) is 0 Å². The van der Waals surface area contributed by atoms with Crippen LogP contribution in [0.25, 0.3) is 0 Å². The lowest BCUT2D eigenvalue weighted by Gasteiger charge is -2.32. The van der Waals surface area contributed by atoms with Gasteiger partial charge in [-0.3, -0.25) is 4.79 Å². The molecule has 1 unspecified atom stereocenters. The van der Waals surface area contributed by atoms with E-state index >= 15 is 0 Å². The average molecular weight is 277 g/mol. The van der Waals surface area contributed by atoms with Gasteiger partial charge in [-0.1, -0.05) is 19.1 Å². The number of carbonyl (C=O) groups excluding carboxylic acids is 1. The van der Waals surface area contributed by atoms with Crippen molar-refractivity contribution in [3.63, 3.8) is 0 Å². The molecule has 1 aromatic rings. The summed E-state index contributed by atoms with van der Waals surface area (Å²) in [5.41, 5.74) is 8.23. The van der Waals surface area contributed by atoms with E-state index in [0.29, 0.717) is 13.0 Å². The van der Waals surface area contributed by atoms with Crippen LogP contribution >= 0.6 is 0 Å².